The van der Waals surface area contributed by atoms with Crippen molar-refractivity contribution in [2.24, 2.45) is 23.5 Å². The lowest BCUT2D eigenvalue weighted by Crippen LogP contribution is -2.34. The van der Waals surface area contributed by atoms with Crippen LogP contribution in [-0.4, -0.2) is 40.9 Å². The highest BCUT2D eigenvalue weighted by atomic mass is 35.5. The van der Waals surface area contributed by atoms with E-state index >= 15 is 0 Å². The van der Waals surface area contributed by atoms with E-state index in [1.807, 2.05) is 6.07 Å². The lowest BCUT2D eigenvalue weighted by molar-refractivity contribution is -0.140. The van der Waals surface area contributed by atoms with Crippen LogP contribution in [0.25, 0.3) is 0 Å². The Hall–Kier alpha value is -2.32. The fourth-order valence-electron chi connectivity index (χ4n) is 2.74. The molecule has 1 aromatic rings. The topological polar surface area (TPSA) is 139 Å². The van der Waals surface area contributed by atoms with E-state index in [1.165, 1.54) is 0 Å². The van der Waals surface area contributed by atoms with Crippen molar-refractivity contribution in [3.63, 3.8) is 0 Å². The van der Waals surface area contributed by atoms with Gasteiger partial charge in [0.1, 0.15) is 6.04 Å². The maximum Gasteiger partial charge on any atom is 0.411 e. The van der Waals surface area contributed by atoms with E-state index in [0.29, 0.717) is 5.69 Å². The quantitative estimate of drug-likeness (QED) is 0.577. The van der Waals surface area contributed by atoms with Gasteiger partial charge in [0, 0.05) is 11.6 Å². The van der Waals surface area contributed by atoms with Crippen LogP contribution in [-0.2, 0) is 14.3 Å². The molecular weight excluding hydrogens is 340 g/mol. The van der Waals surface area contributed by atoms with Crippen molar-refractivity contribution in [3.05, 3.63) is 30.3 Å². The zero-order valence-corrected chi connectivity index (χ0v) is 13.4. The number of amides is 1. The van der Waals surface area contributed by atoms with Gasteiger partial charge in [-0.3, -0.25) is 14.9 Å². The van der Waals surface area contributed by atoms with Gasteiger partial charge < -0.3 is 20.7 Å². The Kier molecular flexibility index (Phi) is 6.99. The van der Waals surface area contributed by atoms with Crippen LogP contribution in [0.1, 0.15) is 6.42 Å². The van der Waals surface area contributed by atoms with Crippen molar-refractivity contribution < 1.29 is 29.3 Å². The summed E-state index contributed by atoms with van der Waals surface area (Å²) in [5.41, 5.74) is 6.07. The van der Waals surface area contributed by atoms with Crippen molar-refractivity contribution in [3.8, 4) is 0 Å². The van der Waals surface area contributed by atoms with Gasteiger partial charge in [0.15, 0.2) is 0 Å². The first-order valence-corrected chi connectivity index (χ1v) is 7.12. The third-order valence-corrected chi connectivity index (χ3v) is 3.92. The number of carbonyl (C=O) groups is 3. The molecule has 0 radical (unpaired) electrons. The molecule has 4 unspecified atom stereocenters. The third kappa shape index (κ3) is 4.84. The van der Waals surface area contributed by atoms with E-state index in [-0.39, 0.29) is 25.4 Å². The highest BCUT2D eigenvalue weighted by Crippen LogP contribution is 2.50. The first-order chi connectivity index (χ1) is 10.9. The Balaban J connectivity index is 0.00000288. The van der Waals surface area contributed by atoms with Gasteiger partial charge in [-0.25, -0.2) is 4.79 Å². The van der Waals surface area contributed by atoms with Gasteiger partial charge >= 0.3 is 18.0 Å². The zero-order chi connectivity index (χ0) is 17.0. The standard InChI is InChI=1S/C15H18N2O6.ClH/c16-12(14(20)21)10-9(11(10)13(18)19)6-7-23-15(22)17-8-4-2-1-3-5-8;/h1-5,9-12H,6-7,16H2,(H,17,22)(H,18,19)(H,20,21);1H. The number of carbonyl (C=O) groups excluding carboxylic acids is 1. The van der Waals surface area contributed by atoms with E-state index in [1.54, 1.807) is 24.3 Å². The van der Waals surface area contributed by atoms with Gasteiger partial charge in [0.05, 0.1) is 12.5 Å². The highest BCUT2D eigenvalue weighted by Gasteiger charge is 2.58. The Morgan fingerprint density at radius 3 is 2.38 bits per heavy atom. The molecule has 8 nitrogen and oxygen atoms in total. The van der Waals surface area contributed by atoms with Crippen LogP contribution in [0, 0.1) is 17.8 Å². The molecule has 9 heteroatoms. The van der Waals surface area contributed by atoms with Crippen molar-refractivity contribution in [2.45, 2.75) is 12.5 Å². The van der Waals surface area contributed by atoms with Gasteiger partial charge in [0.25, 0.3) is 0 Å². The summed E-state index contributed by atoms with van der Waals surface area (Å²) in [5, 5.41) is 20.5. The van der Waals surface area contributed by atoms with Gasteiger partial charge in [-0.2, -0.15) is 0 Å². The summed E-state index contributed by atoms with van der Waals surface area (Å²) in [6.45, 7) is -0.00402. The van der Waals surface area contributed by atoms with Crippen LogP contribution < -0.4 is 11.1 Å². The summed E-state index contributed by atoms with van der Waals surface area (Å²) < 4.78 is 4.98. The summed E-state index contributed by atoms with van der Waals surface area (Å²) in [6.07, 6.45) is -0.395. The minimum absolute atomic E-state index is 0. The Morgan fingerprint density at radius 1 is 1.21 bits per heavy atom. The minimum atomic E-state index is -1.23. The van der Waals surface area contributed by atoms with Gasteiger partial charge in [-0.05, 0) is 24.5 Å². The largest absolute Gasteiger partial charge is 0.481 e. The molecule has 1 aromatic carbocycles. The average Bonchev–Trinajstić information content (AvgIpc) is 3.21. The molecule has 0 aromatic heterocycles. The number of para-hydroxylation sites is 1. The molecular formula is C15H19ClN2O6. The molecule has 24 heavy (non-hydrogen) atoms. The lowest BCUT2D eigenvalue weighted by Gasteiger charge is -2.07. The summed E-state index contributed by atoms with van der Waals surface area (Å²) in [5.74, 6) is -4.15. The number of anilines is 1. The van der Waals surface area contributed by atoms with Crippen LogP contribution in [0.4, 0.5) is 10.5 Å². The van der Waals surface area contributed by atoms with Crippen molar-refractivity contribution in [2.75, 3.05) is 11.9 Å². The lowest BCUT2D eigenvalue weighted by atomic mass is 10.1. The second-order valence-corrected chi connectivity index (χ2v) is 5.38. The second kappa shape index (κ2) is 8.51. The summed E-state index contributed by atoms with van der Waals surface area (Å²) in [6, 6.07) is 7.50. The van der Waals surface area contributed by atoms with Crippen LogP contribution in [0.2, 0.25) is 0 Å². The second-order valence-electron chi connectivity index (χ2n) is 5.38. The number of rotatable bonds is 7. The molecule has 1 aliphatic rings. The fourth-order valence-corrected chi connectivity index (χ4v) is 2.74. The molecule has 1 aliphatic carbocycles. The van der Waals surface area contributed by atoms with Gasteiger partial charge in [0.2, 0.25) is 0 Å². The molecule has 0 aliphatic heterocycles. The van der Waals surface area contributed by atoms with Crippen LogP contribution in [0.15, 0.2) is 30.3 Å². The van der Waals surface area contributed by atoms with Crippen LogP contribution in [0.5, 0.6) is 0 Å². The number of aliphatic carboxylic acids is 2. The SMILES string of the molecule is Cl.NC(C(=O)O)C1C(CCOC(=O)Nc2ccccc2)C1C(=O)O. The van der Waals surface area contributed by atoms with Crippen molar-refractivity contribution >= 4 is 36.1 Å². The number of ether oxygens (including phenoxy) is 1. The van der Waals surface area contributed by atoms with E-state index in [2.05, 4.69) is 5.32 Å². The Bertz CT molecular complexity index is 597. The molecule has 1 saturated carbocycles. The first-order valence-electron chi connectivity index (χ1n) is 7.12. The number of nitrogens with two attached hydrogens (primary N) is 1. The predicted octanol–water partition coefficient (Wildman–Crippen LogP) is 1.41. The summed E-state index contributed by atoms with van der Waals surface area (Å²) in [4.78, 5) is 33.5. The number of nitrogens with one attached hydrogen (secondary N) is 1. The monoisotopic (exact) mass is 358 g/mol. The molecule has 1 fully saturated rings. The average molecular weight is 359 g/mol. The molecule has 4 atom stereocenters. The van der Waals surface area contributed by atoms with E-state index in [4.69, 9.17) is 20.7 Å². The zero-order valence-electron chi connectivity index (χ0n) is 12.6. The Morgan fingerprint density at radius 2 is 1.83 bits per heavy atom. The van der Waals surface area contributed by atoms with Crippen molar-refractivity contribution in [1.29, 1.82) is 0 Å². The molecule has 0 bridgehead atoms. The summed E-state index contributed by atoms with van der Waals surface area (Å²) >= 11 is 0. The summed E-state index contributed by atoms with van der Waals surface area (Å²) in [7, 11) is 0. The maximum absolute atomic E-state index is 11.6. The number of halogens is 1. The molecule has 5 N–H and O–H groups in total. The number of carboxylic acids is 2. The molecule has 0 saturated heterocycles. The number of hydrogen-bond donors (Lipinski definition) is 4. The normalized spacial score (nSPS) is 22.6. The van der Waals surface area contributed by atoms with E-state index < -0.39 is 41.8 Å². The number of hydrogen-bond acceptors (Lipinski definition) is 5. The minimum Gasteiger partial charge on any atom is -0.481 e. The third-order valence-electron chi connectivity index (χ3n) is 3.92. The predicted molar refractivity (Wildman–Crippen MR) is 87.0 cm³/mol. The number of carboxylic acid groups (broad SMARTS) is 2. The molecule has 0 heterocycles. The smallest absolute Gasteiger partial charge is 0.411 e. The molecule has 132 valence electrons. The van der Waals surface area contributed by atoms with Crippen LogP contribution in [0.3, 0.4) is 0 Å². The molecule has 2 rings (SSSR count). The Labute approximate surface area is 144 Å². The van der Waals surface area contributed by atoms with E-state index in [9.17, 15) is 14.4 Å². The van der Waals surface area contributed by atoms with Gasteiger partial charge in [-0.1, -0.05) is 18.2 Å². The fraction of sp³-hybridized carbons (Fsp3) is 0.400. The van der Waals surface area contributed by atoms with Crippen LogP contribution >= 0.6 is 12.4 Å². The first kappa shape index (κ1) is 19.7. The van der Waals surface area contributed by atoms with E-state index in [0.717, 1.165) is 0 Å². The highest BCUT2D eigenvalue weighted by molar-refractivity contribution is 5.85. The maximum atomic E-state index is 11.6. The van der Waals surface area contributed by atoms with Crippen molar-refractivity contribution in [1.82, 2.24) is 0 Å². The molecule has 1 amide bonds. The molecule has 0 spiro atoms. The number of benzene rings is 1. The van der Waals surface area contributed by atoms with Gasteiger partial charge in [-0.15, -0.1) is 12.4 Å².